The number of amides is 1. The van der Waals surface area contributed by atoms with Gasteiger partial charge in [0, 0.05) is 44.1 Å². The van der Waals surface area contributed by atoms with Gasteiger partial charge < -0.3 is 9.88 Å². The zero-order valence-corrected chi connectivity index (χ0v) is 12.8. The Kier molecular flexibility index (Phi) is 3.29. The second-order valence-corrected chi connectivity index (χ2v) is 7.09. The van der Waals surface area contributed by atoms with Crippen LogP contribution in [0.4, 0.5) is 0 Å². The number of piperazine rings is 1. The Morgan fingerprint density at radius 1 is 1.19 bits per heavy atom. The summed E-state index contributed by atoms with van der Waals surface area (Å²) in [5, 5.41) is 0. The Morgan fingerprint density at radius 3 is 2.57 bits per heavy atom. The van der Waals surface area contributed by atoms with Crippen molar-refractivity contribution in [2.24, 2.45) is 11.8 Å². The molecule has 1 aromatic heterocycles. The Bertz CT molecular complexity index is 530. The van der Waals surface area contributed by atoms with Gasteiger partial charge in [-0.2, -0.15) is 0 Å². The van der Waals surface area contributed by atoms with Crippen molar-refractivity contribution in [1.29, 1.82) is 0 Å². The summed E-state index contributed by atoms with van der Waals surface area (Å²) in [4.78, 5) is 20.3. The number of carbonyl (C=O) groups excluding carboxylic acids is 1. The zero-order chi connectivity index (χ0) is 14.4. The van der Waals surface area contributed by atoms with Gasteiger partial charge in [0.05, 0.1) is 5.56 Å². The Labute approximate surface area is 126 Å². The van der Waals surface area contributed by atoms with Gasteiger partial charge in [0.15, 0.2) is 0 Å². The maximum atomic E-state index is 12.5. The summed E-state index contributed by atoms with van der Waals surface area (Å²) in [5.41, 5.74) is 1.82. The SMILES string of the molecule is Cc1[nH]ccc1C(=O)N1CCN(C2CC3CCC2C3)CC1. The lowest BCUT2D eigenvalue weighted by Crippen LogP contribution is -2.53. The number of aromatic nitrogens is 1. The number of hydrogen-bond acceptors (Lipinski definition) is 2. The number of nitrogens with zero attached hydrogens (tertiary/aromatic N) is 2. The van der Waals surface area contributed by atoms with Crippen LogP contribution in [0.3, 0.4) is 0 Å². The number of nitrogens with one attached hydrogen (secondary N) is 1. The van der Waals surface area contributed by atoms with E-state index in [1.165, 1.54) is 25.7 Å². The van der Waals surface area contributed by atoms with Gasteiger partial charge in [-0.25, -0.2) is 0 Å². The van der Waals surface area contributed by atoms with Crippen molar-refractivity contribution in [2.75, 3.05) is 26.2 Å². The number of hydrogen-bond donors (Lipinski definition) is 1. The second kappa shape index (κ2) is 5.16. The highest BCUT2D eigenvalue weighted by Gasteiger charge is 2.42. The molecule has 0 aromatic carbocycles. The van der Waals surface area contributed by atoms with Gasteiger partial charge in [0.2, 0.25) is 0 Å². The molecule has 2 bridgehead atoms. The lowest BCUT2D eigenvalue weighted by atomic mass is 9.93. The quantitative estimate of drug-likeness (QED) is 0.906. The highest BCUT2D eigenvalue weighted by Crippen LogP contribution is 2.46. The average Bonchev–Trinajstić information content (AvgIpc) is 3.23. The molecule has 1 saturated heterocycles. The molecule has 3 atom stereocenters. The van der Waals surface area contributed by atoms with E-state index >= 15 is 0 Å². The molecule has 21 heavy (non-hydrogen) atoms. The molecule has 3 fully saturated rings. The highest BCUT2D eigenvalue weighted by atomic mass is 16.2. The summed E-state index contributed by atoms with van der Waals surface area (Å²) in [6, 6.07) is 2.72. The summed E-state index contributed by atoms with van der Waals surface area (Å²) < 4.78 is 0. The number of aromatic amines is 1. The lowest BCUT2D eigenvalue weighted by molar-refractivity contribution is 0.0495. The normalized spacial score (nSPS) is 32.8. The van der Waals surface area contributed by atoms with E-state index in [9.17, 15) is 4.79 Å². The van der Waals surface area contributed by atoms with Crippen LogP contribution in [-0.2, 0) is 0 Å². The van der Waals surface area contributed by atoms with Gasteiger partial charge >= 0.3 is 0 Å². The van der Waals surface area contributed by atoms with Gasteiger partial charge in [0.1, 0.15) is 0 Å². The molecule has 3 unspecified atom stereocenters. The highest BCUT2D eigenvalue weighted by molar-refractivity contribution is 5.95. The molecule has 2 aliphatic carbocycles. The van der Waals surface area contributed by atoms with E-state index in [2.05, 4.69) is 9.88 Å². The molecular formula is C17H25N3O. The van der Waals surface area contributed by atoms with Gasteiger partial charge in [0.25, 0.3) is 5.91 Å². The molecule has 114 valence electrons. The van der Waals surface area contributed by atoms with Crippen molar-refractivity contribution >= 4 is 5.91 Å². The summed E-state index contributed by atoms with van der Waals surface area (Å²) in [6.07, 6.45) is 7.64. The minimum atomic E-state index is 0.196. The van der Waals surface area contributed by atoms with E-state index < -0.39 is 0 Å². The first-order valence-electron chi connectivity index (χ1n) is 8.39. The van der Waals surface area contributed by atoms with E-state index in [1.54, 1.807) is 0 Å². The third-order valence-corrected chi connectivity index (χ3v) is 5.96. The van der Waals surface area contributed by atoms with Gasteiger partial charge in [-0.05, 0) is 44.1 Å². The van der Waals surface area contributed by atoms with Gasteiger partial charge in [-0.15, -0.1) is 0 Å². The number of aryl methyl sites for hydroxylation is 1. The van der Waals surface area contributed by atoms with Crippen LogP contribution in [-0.4, -0.2) is 52.9 Å². The van der Waals surface area contributed by atoms with Crippen LogP contribution in [0, 0.1) is 18.8 Å². The Balaban J connectivity index is 1.37. The minimum absolute atomic E-state index is 0.196. The van der Waals surface area contributed by atoms with Gasteiger partial charge in [-0.3, -0.25) is 9.69 Å². The largest absolute Gasteiger partial charge is 0.365 e. The first kappa shape index (κ1) is 13.4. The second-order valence-electron chi connectivity index (χ2n) is 7.09. The van der Waals surface area contributed by atoms with Crippen molar-refractivity contribution < 1.29 is 4.79 Å². The van der Waals surface area contributed by atoms with E-state index in [0.717, 1.165) is 55.3 Å². The fourth-order valence-electron chi connectivity index (χ4n) is 4.77. The molecular weight excluding hydrogens is 262 g/mol. The van der Waals surface area contributed by atoms with Crippen LogP contribution in [0.5, 0.6) is 0 Å². The molecule has 4 nitrogen and oxygen atoms in total. The third-order valence-electron chi connectivity index (χ3n) is 5.96. The molecule has 1 N–H and O–H groups in total. The van der Waals surface area contributed by atoms with Gasteiger partial charge in [-0.1, -0.05) is 6.42 Å². The lowest BCUT2D eigenvalue weighted by Gasteiger charge is -2.41. The molecule has 1 aliphatic heterocycles. The number of carbonyl (C=O) groups is 1. The molecule has 2 saturated carbocycles. The van der Waals surface area contributed by atoms with E-state index in [0.29, 0.717) is 0 Å². The summed E-state index contributed by atoms with van der Waals surface area (Å²) in [6.45, 7) is 5.86. The number of rotatable bonds is 2. The topological polar surface area (TPSA) is 39.3 Å². The first-order valence-corrected chi connectivity index (χ1v) is 8.39. The first-order chi connectivity index (χ1) is 10.2. The maximum Gasteiger partial charge on any atom is 0.255 e. The molecule has 3 aliphatic rings. The number of H-pyrrole nitrogens is 1. The fraction of sp³-hybridized carbons (Fsp3) is 0.706. The Hall–Kier alpha value is -1.29. The van der Waals surface area contributed by atoms with Crippen LogP contribution in [0.2, 0.25) is 0 Å². The fourth-order valence-corrected chi connectivity index (χ4v) is 4.77. The molecule has 1 aromatic rings. The van der Waals surface area contributed by atoms with E-state index in [-0.39, 0.29) is 5.91 Å². The Morgan fingerprint density at radius 2 is 2.00 bits per heavy atom. The monoisotopic (exact) mass is 287 g/mol. The van der Waals surface area contributed by atoms with Crippen molar-refractivity contribution in [1.82, 2.24) is 14.8 Å². The molecule has 1 amide bonds. The van der Waals surface area contributed by atoms with Crippen molar-refractivity contribution in [3.63, 3.8) is 0 Å². The molecule has 2 heterocycles. The predicted molar refractivity (Wildman–Crippen MR) is 82.2 cm³/mol. The van der Waals surface area contributed by atoms with E-state index in [1.807, 2.05) is 24.1 Å². The van der Waals surface area contributed by atoms with Crippen molar-refractivity contribution in [2.45, 2.75) is 38.6 Å². The summed E-state index contributed by atoms with van der Waals surface area (Å²) >= 11 is 0. The molecule has 0 spiro atoms. The molecule has 0 radical (unpaired) electrons. The number of fused-ring (bicyclic) bond motifs is 2. The summed E-state index contributed by atoms with van der Waals surface area (Å²) in [7, 11) is 0. The van der Waals surface area contributed by atoms with Crippen molar-refractivity contribution in [3.05, 3.63) is 23.5 Å². The zero-order valence-electron chi connectivity index (χ0n) is 12.8. The van der Waals surface area contributed by atoms with Crippen LogP contribution in [0.15, 0.2) is 12.3 Å². The van der Waals surface area contributed by atoms with Crippen LogP contribution in [0.1, 0.15) is 41.7 Å². The molecule has 4 heteroatoms. The van der Waals surface area contributed by atoms with Crippen molar-refractivity contribution in [3.8, 4) is 0 Å². The average molecular weight is 287 g/mol. The summed E-state index contributed by atoms with van der Waals surface area (Å²) in [5.74, 6) is 2.15. The van der Waals surface area contributed by atoms with Crippen LogP contribution < -0.4 is 0 Å². The van der Waals surface area contributed by atoms with Crippen LogP contribution in [0.25, 0.3) is 0 Å². The molecule has 4 rings (SSSR count). The van der Waals surface area contributed by atoms with E-state index in [4.69, 9.17) is 0 Å². The standard InChI is InChI=1S/C17H25N3O/c1-12-15(4-5-18-12)17(21)20-8-6-19(7-9-20)16-11-13-2-3-14(16)10-13/h4-5,13-14,16,18H,2-3,6-11H2,1H3. The minimum Gasteiger partial charge on any atom is -0.365 e. The third kappa shape index (κ3) is 2.30. The van der Waals surface area contributed by atoms with Crippen LogP contribution >= 0.6 is 0 Å². The maximum absolute atomic E-state index is 12.5. The predicted octanol–water partition coefficient (Wildman–Crippen LogP) is 2.27. The smallest absolute Gasteiger partial charge is 0.255 e.